The quantitative estimate of drug-likeness (QED) is 0.324. The number of anilines is 1. The molecule has 7 nitrogen and oxygen atoms in total. The summed E-state index contributed by atoms with van der Waals surface area (Å²) in [6.45, 7) is 7.08. The third-order valence-corrected chi connectivity index (χ3v) is 8.62. The van der Waals surface area contributed by atoms with Gasteiger partial charge in [-0.15, -0.1) is 0 Å². The van der Waals surface area contributed by atoms with Gasteiger partial charge in [-0.1, -0.05) is 70.9 Å². The smallest absolute Gasteiger partial charge is 0.264 e. The molecule has 3 aromatic carbocycles. The van der Waals surface area contributed by atoms with Gasteiger partial charge in [-0.05, 0) is 69.2 Å². The van der Waals surface area contributed by atoms with Crippen LogP contribution in [-0.4, -0.2) is 43.8 Å². The number of hydrogen-bond acceptors (Lipinski definition) is 4. The molecule has 0 bridgehead atoms. The molecule has 3 aromatic rings. The third-order valence-electron chi connectivity index (χ3n) is 6.34. The first-order chi connectivity index (χ1) is 18.0. The molecule has 0 heterocycles. The van der Waals surface area contributed by atoms with E-state index in [-0.39, 0.29) is 23.4 Å². The number of amides is 2. The minimum Gasteiger partial charge on any atom is -0.352 e. The maximum Gasteiger partial charge on any atom is 0.264 e. The Hall–Kier alpha value is -3.17. The van der Waals surface area contributed by atoms with Crippen LogP contribution in [0, 0.1) is 6.92 Å². The number of aryl methyl sites for hydroxylation is 1. The molecule has 0 aliphatic heterocycles. The van der Waals surface area contributed by atoms with Crippen molar-refractivity contribution in [3.8, 4) is 0 Å². The number of rotatable bonds is 11. The fourth-order valence-corrected chi connectivity index (χ4v) is 5.70. The summed E-state index contributed by atoms with van der Waals surface area (Å²) in [6.07, 6.45) is 0.745. The van der Waals surface area contributed by atoms with Gasteiger partial charge in [0.05, 0.1) is 10.6 Å². The molecule has 202 valence electrons. The van der Waals surface area contributed by atoms with Crippen LogP contribution in [0.3, 0.4) is 0 Å². The first kappa shape index (κ1) is 29.4. The average Bonchev–Trinajstić information content (AvgIpc) is 2.90. The lowest BCUT2D eigenvalue weighted by Crippen LogP contribution is -2.52. The van der Waals surface area contributed by atoms with Crippen molar-refractivity contribution in [2.24, 2.45) is 0 Å². The van der Waals surface area contributed by atoms with E-state index in [2.05, 4.69) is 21.2 Å². The molecule has 0 radical (unpaired) electrons. The maximum atomic E-state index is 13.9. The van der Waals surface area contributed by atoms with Crippen LogP contribution in [0.15, 0.2) is 88.2 Å². The van der Waals surface area contributed by atoms with Crippen molar-refractivity contribution >= 4 is 43.5 Å². The topological polar surface area (TPSA) is 86.8 Å². The van der Waals surface area contributed by atoms with E-state index in [0.717, 1.165) is 26.3 Å². The van der Waals surface area contributed by atoms with E-state index >= 15 is 0 Å². The number of benzene rings is 3. The van der Waals surface area contributed by atoms with Crippen LogP contribution in [0.1, 0.15) is 38.3 Å². The van der Waals surface area contributed by atoms with Gasteiger partial charge >= 0.3 is 0 Å². The Bertz CT molecular complexity index is 1350. The molecule has 0 saturated carbocycles. The van der Waals surface area contributed by atoms with E-state index < -0.39 is 28.5 Å². The van der Waals surface area contributed by atoms with Crippen molar-refractivity contribution in [3.05, 3.63) is 94.5 Å². The Balaban J connectivity index is 2.00. The van der Waals surface area contributed by atoms with E-state index in [0.29, 0.717) is 5.69 Å². The Morgan fingerprint density at radius 1 is 0.947 bits per heavy atom. The second-order valence-corrected chi connectivity index (χ2v) is 12.1. The molecule has 0 spiro atoms. The zero-order chi connectivity index (χ0) is 27.9. The molecule has 0 fully saturated rings. The van der Waals surface area contributed by atoms with E-state index in [1.807, 2.05) is 45.0 Å². The second-order valence-electron chi connectivity index (χ2n) is 9.31. The molecule has 0 aliphatic carbocycles. The molecule has 2 atom stereocenters. The number of halogens is 1. The zero-order valence-corrected chi connectivity index (χ0v) is 24.5. The zero-order valence-electron chi connectivity index (χ0n) is 22.1. The van der Waals surface area contributed by atoms with Gasteiger partial charge in [-0.25, -0.2) is 8.42 Å². The second kappa shape index (κ2) is 13.1. The predicted octanol–water partition coefficient (Wildman–Crippen LogP) is 5.28. The van der Waals surface area contributed by atoms with Crippen LogP contribution in [0.4, 0.5) is 5.69 Å². The molecule has 0 unspecified atom stereocenters. The van der Waals surface area contributed by atoms with Crippen LogP contribution in [0.5, 0.6) is 0 Å². The average molecular weight is 601 g/mol. The van der Waals surface area contributed by atoms with E-state index in [1.54, 1.807) is 49.4 Å². The Labute approximate surface area is 234 Å². The van der Waals surface area contributed by atoms with Crippen molar-refractivity contribution in [3.63, 3.8) is 0 Å². The minimum absolute atomic E-state index is 0.0597. The Kier molecular flexibility index (Phi) is 10.1. The SMILES string of the molecule is CC[C@H](C)NC(=O)[C@H](C)N(Cc1cccc(Br)c1)C(=O)CN(c1ccccc1)S(=O)(=O)c1ccc(C)cc1. The van der Waals surface area contributed by atoms with Gasteiger partial charge in [0.25, 0.3) is 10.0 Å². The summed E-state index contributed by atoms with van der Waals surface area (Å²) in [6, 6.07) is 21.6. The van der Waals surface area contributed by atoms with Crippen molar-refractivity contribution in [1.29, 1.82) is 0 Å². The fourth-order valence-electron chi connectivity index (χ4n) is 3.84. The summed E-state index contributed by atoms with van der Waals surface area (Å²) in [7, 11) is -4.07. The van der Waals surface area contributed by atoms with Crippen LogP contribution < -0.4 is 9.62 Å². The molecular formula is C29H34BrN3O4S. The largest absolute Gasteiger partial charge is 0.352 e. The monoisotopic (exact) mass is 599 g/mol. The lowest BCUT2D eigenvalue weighted by atomic mass is 10.1. The highest BCUT2D eigenvalue weighted by molar-refractivity contribution is 9.10. The number of nitrogens with one attached hydrogen (secondary N) is 1. The molecule has 38 heavy (non-hydrogen) atoms. The number of carbonyl (C=O) groups is 2. The Morgan fingerprint density at radius 3 is 2.21 bits per heavy atom. The van der Waals surface area contributed by atoms with E-state index in [9.17, 15) is 18.0 Å². The molecule has 3 rings (SSSR count). The third kappa shape index (κ3) is 7.45. The number of nitrogens with zero attached hydrogens (tertiary/aromatic N) is 2. The lowest BCUT2D eigenvalue weighted by molar-refractivity contribution is -0.139. The highest BCUT2D eigenvalue weighted by Crippen LogP contribution is 2.25. The van der Waals surface area contributed by atoms with Crippen molar-refractivity contribution in [2.45, 2.75) is 57.6 Å². The van der Waals surface area contributed by atoms with Gasteiger partial charge in [-0.2, -0.15) is 0 Å². The van der Waals surface area contributed by atoms with Crippen molar-refractivity contribution in [1.82, 2.24) is 10.2 Å². The van der Waals surface area contributed by atoms with E-state index in [1.165, 1.54) is 17.0 Å². The summed E-state index contributed by atoms with van der Waals surface area (Å²) < 4.78 is 29.5. The fraction of sp³-hybridized carbons (Fsp3) is 0.310. The number of carbonyl (C=O) groups excluding carboxylic acids is 2. The van der Waals surface area contributed by atoms with Crippen LogP contribution in [0.25, 0.3) is 0 Å². The van der Waals surface area contributed by atoms with Gasteiger partial charge in [0.1, 0.15) is 12.6 Å². The highest BCUT2D eigenvalue weighted by Gasteiger charge is 2.32. The van der Waals surface area contributed by atoms with Crippen molar-refractivity contribution in [2.75, 3.05) is 10.8 Å². The normalized spacial score (nSPS) is 12.9. The molecule has 2 amide bonds. The van der Waals surface area contributed by atoms with Gasteiger partial charge in [0.15, 0.2) is 0 Å². The van der Waals surface area contributed by atoms with Crippen LogP contribution >= 0.6 is 15.9 Å². The molecule has 0 aromatic heterocycles. The summed E-state index contributed by atoms with van der Waals surface area (Å²) in [5.41, 5.74) is 2.09. The Morgan fingerprint density at radius 2 is 1.61 bits per heavy atom. The molecule has 9 heteroatoms. The van der Waals surface area contributed by atoms with Crippen molar-refractivity contribution < 1.29 is 18.0 Å². The van der Waals surface area contributed by atoms with Gasteiger partial charge in [0, 0.05) is 17.1 Å². The summed E-state index contributed by atoms with van der Waals surface area (Å²) in [5.74, 6) is -0.785. The van der Waals surface area contributed by atoms with Gasteiger partial charge < -0.3 is 10.2 Å². The molecule has 1 N–H and O–H groups in total. The predicted molar refractivity (Wildman–Crippen MR) is 154 cm³/mol. The van der Waals surface area contributed by atoms with Crippen LogP contribution in [-0.2, 0) is 26.2 Å². The number of sulfonamides is 1. The molecular weight excluding hydrogens is 566 g/mol. The standard InChI is InChI=1S/C29H34BrN3O4S/c1-5-22(3)31-29(35)23(4)32(19-24-10-9-11-25(30)18-24)28(34)20-33(26-12-7-6-8-13-26)38(36,37)27-16-14-21(2)15-17-27/h6-18,22-23H,5,19-20H2,1-4H3,(H,31,35)/t22-,23-/m0/s1. The number of hydrogen-bond donors (Lipinski definition) is 1. The van der Waals surface area contributed by atoms with Crippen LogP contribution in [0.2, 0.25) is 0 Å². The first-order valence-electron chi connectivity index (χ1n) is 12.5. The maximum absolute atomic E-state index is 13.9. The molecule has 0 aliphatic rings. The summed E-state index contributed by atoms with van der Waals surface area (Å²) >= 11 is 3.45. The summed E-state index contributed by atoms with van der Waals surface area (Å²) in [5, 5.41) is 2.93. The van der Waals surface area contributed by atoms with E-state index in [4.69, 9.17) is 0 Å². The highest BCUT2D eigenvalue weighted by atomic mass is 79.9. The van der Waals surface area contributed by atoms with Gasteiger partial charge in [-0.3, -0.25) is 13.9 Å². The first-order valence-corrected chi connectivity index (χ1v) is 14.7. The van der Waals surface area contributed by atoms with Gasteiger partial charge in [0.2, 0.25) is 11.8 Å². The summed E-state index contributed by atoms with van der Waals surface area (Å²) in [4.78, 5) is 28.5. The molecule has 0 saturated heterocycles. The number of para-hydroxylation sites is 1. The minimum atomic E-state index is -4.07. The lowest BCUT2D eigenvalue weighted by Gasteiger charge is -2.32.